The molecule has 0 spiro atoms. The standard InChI is InChI=1S/C37H44F2N4OS2/c1-23(44)18-24-8-6-9-25(19-24)37(4)15-7-14-36(2,3)22-45-17-13-28-27-12-16-42-32(27)21-31(39)33(28)46-26-10-11-30(38)29(20-26)34(41-5)43-35(37)40/h6,8-12,16,19-21,23,42,44H,7,13-15,17-18,22H2,1-5H3,(H2,40,41,43)/t23?,37-/m1/s1. The highest BCUT2D eigenvalue weighted by molar-refractivity contribution is 7.99. The Morgan fingerprint density at radius 2 is 1.87 bits per heavy atom. The van der Waals surface area contributed by atoms with Crippen LogP contribution in [0, 0.1) is 22.5 Å². The van der Waals surface area contributed by atoms with E-state index in [9.17, 15) is 10.5 Å². The van der Waals surface area contributed by atoms with E-state index in [1.165, 1.54) is 23.9 Å². The van der Waals surface area contributed by atoms with E-state index < -0.39 is 17.3 Å². The van der Waals surface area contributed by atoms with Crippen LogP contribution in [0.1, 0.15) is 69.2 Å². The molecule has 0 saturated carbocycles. The van der Waals surface area contributed by atoms with Gasteiger partial charge < -0.3 is 15.4 Å². The second-order valence-corrected chi connectivity index (χ2v) is 15.5. The topological polar surface area (TPSA) is 84.3 Å². The number of hydrogen-bond donors (Lipinski definition) is 4. The quantitative estimate of drug-likeness (QED) is 0.177. The highest BCUT2D eigenvalue weighted by atomic mass is 32.2. The molecule has 3 aromatic carbocycles. The fourth-order valence-corrected chi connectivity index (χ4v) is 8.46. The zero-order chi connectivity index (χ0) is 33.1. The van der Waals surface area contributed by atoms with Crippen molar-refractivity contribution in [1.29, 1.82) is 5.41 Å². The van der Waals surface area contributed by atoms with E-state index >= 15 is 8.78 Å². The molecular weight excluding hydrogens is 619 g/mol. The van der Waals surface area contributed by atoms with E-state index in [4.69, 9.17) is 4.99 Å². The van der Waals surface area contributed by atoms with Gasteiger partial charge in [-0.25, -0.2) is 13.8 Å². The molecule has 1 unspecified atom stereocenters. The number of aromatic amines is 1. The molecule has 2 heterocycles. The second kappa shape index (κ2) is 14.3. The molecule has 0 radical (unpaired) electrons. The Morgan fingerprint density at radius 1 is 1.07 bits per heavy atom. The number of fused-ring (bicyclic) bond motifs is 5. The van der Waals surface area contributed by atoms with Crippen molar-refractivity contribution in [1.82, 2.24) is 10.3 Å². The van der Waals surface area contributed by atoms with Crippen molar-refractivity contribution in [3.63, 3.8) is 0 Å². The van der Waals surface area contributed by atoms with Gasteiger partial charge in [-0.3, -0.25) is 5.41 Å². The summed E-state index contributed by atoms with van der Waals surface area (Å²) in [5, 5.41) is 23.5. The van der Waals surface area contributed by atoms with Gasteiger partial charge in [-0.2, -0.15) is 11.8 Å². The summed E-state index contributed by atoms with van der Waals surface area (Å²) in [5.74, 6) is 1.41. The third kappa shape index (κ3) is 7.69. The number of amidine groups is 2. The monoisotopic (exact) mass is 662 g/mol. The van der Waals surface area contributed by atoms with Crippen molar-refractivity contribution in [3.05, 3.63) is 94.7 Å². The minimum absolute atomic E-state index is 0.0519. The van der Waals surface area contributed by atoms with Gasteiger partial charge in [0, 0.05) is 29.0 Å². The predicted octanol–water partition coefficient (Wildman–Crippen LogP) is 8.91. The Morgan fingerprint density at radius 3 is 2.63 bits per heavy atom. The number of aryl methyl sites for hydroxylation is 1. The van der Waals surface area contributed by atoms with E-state index in [1.807, 2.05) is 49.1 Å². The first-order chi connectivity index (χ1) is 21.9. The van der Waals surface area contributed by atoms with Crippen LogP contribution in [0.3, 0.4) is 0 Å². The van der Waals surface area contributed by atoms with Crippen molar-refractivity contribution >= 4 is 46.1 Å². The summed E-state index contributed by atoms with van der Waals surface area (Å²) in [6.07, 6.45) is 5.10. The lowest BCUT2D eigenvalue weighted by atomic mass is 9.74. The fraction of sp³-hybridized carbons (Fsp3) is 0.405. The van der Waals surface area contributed by atoms with Gasteiger partial charge in [-0.05, 0) is 103 Å². The molecule has 1 aromatic heterocycles. The predicted molar refractivity (Wildman–Crippen MR) is 190 cm³/mol. The molecule has 5 nitrogen and oxygen atoms in total. The lowest BCUT2D eigenvalue weighted by Gasteiger charge is -2.32. The van der Waals surface area contributed by atoms with Gasteiger partial charge in [0.15, 0.2) is 0 Å². The van der Waals surface area contributed by atoms with Gasteiger partial charge in [0.1, 0.15) is 23.3 Å². The van der Waals surface area contributed by atoms with Gasteiger partial charge in [0.25, 0.3) is 0 Å². The van der Waals surface area contributed by atoms with Gasteiger partial charge in [-0.1, -0.05) is 56.3 Å². The summed E-state index contributed by atoms with van der Waals surface area (Å²) in [4.78, 5) is 9.14. The fourth-order valence-electron chi connectivity index (χ4n) is 6.23. The smallest absolute Gasteiger partial charge is 0.139 e. The highest BCUT2D eigenvalue weighted by Crippen LogP contribution is 2.40. The number of benzene rings is 3. The Kier molecular flexibility index (Phi) is 10.6. The van der Waals surface area contributed by atoms with Crippen LogP contribution >= 0.6 is 23.5 Å². The zero-order valence-corrected chi connectivity index (χ0v) is 28.9. The second-order valence-electron chi connectivity index (χ2n) is 13.3. The number of H-pyrrole nitrogens is 1. The molecular formula is C37H44F2N4OS2. The normalized spacial score (nSPS) is 21.5. The molecule has 0 amide bonds. The number of halogens is 2. The molecule has 0 saturated heterocycles. The van der Waals surface area contributed by atoms with Crippen LogP contribution in [-0.4, -0.2) is 46.4 Å². The number of nitrogens with zero attached hydrogens (tertiary/aromatic N) is 1. The minimum Gasteiger partial charge on any atom is -0.393 e. The average Bonchev–Trinajstić information content (AvgIpc) is 3.47. The molecule has 0 aliphatic carbocycles. The van der Waals surface area contributed by atoms with Crippen LogP contribution in [0.2, 0.25) is 0 Å². The molecule has 4 N–H and O–H groups in total. The van der Waals surface area contributed by atoms with Crippen LogP contribution in [0.25, 0.3) is 10.9 Å². The molecule has 0 fully saturated rings. The van der Waals surface area contributed by atoms with Crippen molar-refractivity contribution in [3.8, 4) is 0 Å². The van der Waals surface area contributed by atoms with Crippen LogP contribution in [0.5, 0.6) is 0 Å². The highest BCUT2D eigenvalue weighted by Gasteiger charge is 2.34. The Labute approximate surface area is 279 Å². The van der Waals surface area contributed by atoms with E-state index in [0.717, 1.165) is 51.9 Å². The molecule has 5 rings (SSSR count). The Balaban J connectivity index is 1.61. The number of thioether (sulfide) groups is 1. The minimum atomic E-state index is -0.752. The number of nitrogens with one attached hydrogen (secondary N) is 3. The average molecular weight is 663 g/mol. The molecule has 2 bridgehead atoms. The molecule has 1 aliphatic rings. The lowest BCUT2D eigenvalue weighted by molar-refractivity contribution is 0.195. The van der Waals surface area contributed by atoms with Crippen LogP contribution in [0.4, 0.5) is 8.78 Å². The molecule has 244 valence electrons. The largest absolute Gasteiger partial charge is 0.393 e. The lowest BCUT2D eigenvalue weighted by Crippen LogP contribution is -2.34. The van der Waals surface area contributed by atoms with Crippen molar-refractivity contribution in [2.24, 2.45) is 10.4 Å². The summed E-state index contributed by atoms with van der Waals surface area (Å²) in [5.41, 5.74) is 3.20. The van der Waals surface area contributed by atoms with Crippen molar-refractivity contribution in [2.75, 3.05) is 18.6 Å². The number of rotatable bonds is 3. The molecule has 4 aromatic rings. The van der Waals surface area contributed by atoms with E-state index in [0.29, 0.717) is 29.1 Å². The third-order valence-electron chi connectivity index (χ3n) is 8.88. The van der Waals surface area contributed by atoms with Gasteiger partial charge >= 0.3 is 0 Å². The van der Waals surface area contributed by atoms with Gasteiger partial charge in [0.2, 0.25) is 0 Å². The maximum atomic E-state index is 15.7. The first-order valence-electron chi connectivity index (χ1n) is 15.9. The van der Waals surface area contributed by atoms with Crippen molar-refractivity contribution < 1.29 is 13.9 Å². The maximum absolute atomic E-state index is 15.7. The summed E-state index contributed by atoms with van der Waals surface area (Å²) >= 11 is 3.18. The molecule has 9 heteroatoms. The number of aliphatic imine (C=N–C) groups is 1. The summed E-state index contributed by atoms with van der Waals surface area (Å²) in [7, 11) is 1.68. The number of aliphatic hydroxyl groups excluding tert-OH is 1. The first kappa shape index (κ1) is 34.2. The van der Waals surface area contributed by atoms with Gasteiger partial charge in [-0.15, -0.1) is 0 Å². The summed E-state index contributed by atoms with van der Waals surface area (Å²) in [6, 6.07) is 16.3. The third-order valence-corrected chi connectivity index (χ3v) is 11.5. The molecule has 46 heavy (non-hydrogen) atoms. The van der Waals surface area contributed by atoms with E-state index in [-0.39, 0.29) is 28.5 Å². The van der Waals surface area contributed by atoms with Gasteiger partial charge in [0.05, 0.1) is 22.0 Å². The summed E-state index contributed by atoms with van der Waals surface area (Å²) in [6.45, 7) is 8.37. The number of hydrogen-bond acceptors (Lipinski definition) is 5. The molecule has 2 atom stereocenters. The first-order valence-corrected chi connectivity index (χ1v) is 17.8. The van der Waals surface area contributed by atoms with Crippen LogP contribution in [0.15, 0.2) is 75.6 Å². The zero-order valence-electron chi connectivity index (χ0n) is 27.3. The Hall–Kier alpha value is -3.14. The van der Waals surface area contributed by atoms with E-state index in [1.54, 1.807) is 26.1 Å². The summed E-state index contributed by atoms with van der Waals surface area (Å²) < 4.78 is 31.1. The van der Waals surface area contributed by atoms with E-state index in [2.05, 4.69) is 30.2 Å². The molecule has 1 aliphatic heterocycles. The Bertz CT molecular complexity index is 1750. The number of aliphatic hydroxyl groups is 1. The maximum Gasteiger partial charge on any atom is 0.139 e. The van der Waals surface area contributed by atoms with Crippen LogP contribution < -0.4 is 5.32 Å². The van der Waals surface area contributed by atoms with Crippen molar-refractivity contribution in [2.45, 2.75) is 81.1 Å². The van der Waals surface area contributed by atoms with Crippen LogP contribution in [-0.2, 0) is 18.3 Å². The number of aromatic nitrogens is 1. The SMILES string of the molecule is CN/C1=N\C(=N)[C@@](C)(c2cccc(CC(C)O)c2)CCCC(C)(C)CSCCc2c(c(F)cc3[nH]ccc23)Sc2ccc(F)c1c2.